The van der Waals surface area contributed by atoms with Gasteiger partial charge >= 0.3 is 6.36 Å². The van der Waals surface area contributed by atoms with Gasteiger partial charge in [-0.3, -0.25) is 4.90 Å². The van der Waals surface area contributed by atoms with Gasteiger partial charge in [-0.2, -0.15) is 0 Å². The van der Waals surface area contributed by atoms with Crippen molar-refractivity contribution in [1.29, 1.82) is 0 Å². The highest BCUT2D eigenvalue weighted by molar-refractivity contribution is 9.10. The normalized spacial score (nSPS) is 18.3. The Labute approximate surface area is 160 Å². The molecule has 10 heteroatoms. The molecule has 0 unspecified atom stereocenters. The van der Waals surface area contributed by atoms with Crippen LogP contribution in [0.5, 0.6) is 11.5 Å². The van der Waals surface area contributed by atoms with Gasteiger partial charge in [0.15, 0.2) is 0 Å². The zero-order valence-corrected chi connectivity index (χ0v) is 16.2. The van der Waals surface area contributed by atoms with Crippen LogP contribution in [-0.2, 0) is 0 Å². The summed E-state index contributed by atoms with van der Waals surface area (Å²) in [4.78, 5) is 2.26. The van der Waals surface area contributed by atoms with E-state index in [9.17, 15) is 13.2 Å². The topological polar surface area (TPSA) is 33.7 Å². The van der Waals surface area contributed by atoms with Crippen molar-refractivity contribution in [2.45, 2.75) is 19.3 Å². The summed E-state index contributed by atoms with van der Waals surface area (Å²) in [7, 11) is 0. The second kappa shape index (κ2) is 10.6. The first kappa shape index (κ1) is 23.6. The number of piperazine rings is 1. The standard InChI is InChI=1S/C14H18BrF3N2O2.2ClH/c1-10-9-20(5-4-19-10)6-7-21-11-2-3-12(15)13(8-11)22-14(16,17)18;;/h2-3,8,10,19H,4-7,9H2,1H3;2*1H/t10-;;/m0../s1. The fraction of sp³-hybridized carbons (Fsp3) is 0.571. The summed E-state index contributed by atoms with van der Waals surface area (Å²) in [5.41, 5.74) is 0. The van der Waals surface area contributed by atoms with Crippen LogP contribution in [-0.4, -0.2) is 50.1 Å². The molecule has 1 heterocycles. The van der Waals surface area contributed by atoms with Crippen molar-refractivity contribution in [2.75, 3.05) is 32.8 Å². The van der Waals surface area contributed by atoms with E-state index in [4.69, 9.17) is 4.74 Å². The molecule has 0 spiro atoms. The van der Waals surface area contributed by atoms with E-state index in [1.54, 1.807) is 6.07 Å². The number of ether oxygens (including phenoxy) is 2. The highest BCUT2D eigenvalue weighted by Crippen LogP contribution is 2.33. The molecular weight excluding hydrogens is 436 g/mol. The lowest BCUT2D eigenvalue weighted by Crippen LogP contribution is -2.50. The van der Waals surface area contributed by atoms with Crippen LogP contribution in [0.3, 0.4) is 0 Å². The third-order valence-corrected chi connectivity index (χ3v) is 3.91. The summed E-state index contributed by atoms with van der Waals surface area (Å²) in [6.07, 6.45) is -4.72. The highest BCUT2D eigenvalue weighted by atomic mass is 79.9. The first-order valence-electron chi connectivity index (χ1n) is 6.97. The third-order valence-electron chi connectivity index (χ3n) is 3.26. The van der Waals surface area contributed by atoms with E-state index in [-0.39, 0.29) is 35.0 Å². The summed E-state index contributed by atoms with van der Waals surface area (Å²) in [6.45, 7) is 6.07. The first-order valence-corrected chi connectivity index (χ1v) is 7.76. The zero-order valence-electron chi connectivity index (χ0n) is 12.9. The van der Waals surface area contributed by atoms with E-state index in [1.807, 2.05) is 0 Å². The van der Waals surface area contributed by atoms with Gasteiger partial charge in [0.05, 0.1) is 4.47 Å². The smallest absolute Gasteiger partial charge is 0.492 e. The van der Waals surface area contributed by atoms with E-state index in [0.29, 0.717) is 18.4 Å². The lowest BCUT2D eigenvalue weighted by atomic mass is 10.2. The minimum atomic E-state index is -4.72. The van der Waals surface area contributed by atoms with Crippen molar-refractivity contribution < 1.29 is 22.6 Å². The molecule has 1 fully saturated rings. The minimum Gasteiger partial charge on any atom is -0.492 e. The van der Waals surface area contributed by atoms with Crippen LogP contribution >= 0.6 is 40.7 Å². The number of alkyl halides is 3. The van der Waals surface area contributed by atoms with Gasteiger partial charge in [-0.25, -0.2) is 0 Å². The van der Waals surface area contributed by atoms with Gasteiger partial charge in [0.2, 0.25) is 0 Å². The van der Waals surface area contributed by atoms with Gasteiger partial charge in [0.1, 0.15) is 18.1 Å². The molecule has 1 aliphatic rings. The summed E-state index contributed by atoms with van der Waals surface area (Å²) in [6, 6.07) is 4.75. The maximum Gasteiger partial charge on any atom is 0.573 e. The van der Waals surface area contributed by atoms with E-state index in [0.717, 1.165) is 26.2 Å². The molecule has 24 heavy (non-hydrogen) atoms. The lowest BCUT2D eigenvalue weighted by Gasteiger charge is -2.31. The van der Waals surface area contributed by atoms with Crippen molar-refractivity contribution >= 4 is 40.7 Å². The van der Waals surface area contributed by atoms with Crippen LogP contribution < -0.4 is 14.8 Å². The first-order chi connectivity index (χ1) is 10.3. The molecule has 1 N–H and O–H groups in total. The number of benzene rings is 1. The Kier molecular flexibility index (Phi) is 10.4. The largest absolute Gasteiger partial charge is 0.573 e. The molecule has 1 aromatic rings. The van der Waals surface area contributed by atoms with Gasteiger partial charge in [-0.1, -0.05) is 0 Å². The van der Waals surface area contributed by atoms with Crippen LogP contribution in [0.15, 0.2) is 22.7 Å². The maximum absolute atomic E-state index is 12.3. The Morgan fingerprint density at radius 3 is 2.67 bits per heavy atom. The van der Waals surface area contributed by atoms with Gasteiger partial charge in [-0.15, -0.1) is 38.0 Å². The minimum absolute atomic E-state index is 0. The molecule has 0 bridgehead atoms. The Balaban J connectivity index is 0.00000264. The molecule has 2 rings (SSSR count). The van der Waals surface area contributed by atoms with Crippen molar-refractivity contribution in [3.8, 4) is 11.5 Å². The quantitative estimate of drug-likeness (QED) is 0.730. The van der Waals surface area contributed by atoms with E-state index >= 15 is 0 Å². The van der Waals surface area contributed by atoms with Crippen LogP contribution in [0, 0.1) is 0 Å². The molecule has 0 aliphatic carbocycles. The number of hydrogen-bond donors (Lipinski definition) is 1. The lowest BCUT2D eigenvalue weighted by molar-refractivity contribution is -0.274. The van der Waals surface area contributed by atoms with Crippen LogP contribution in [0.1, 0.15) is 6.92 Å². The summed E-state index contributed by atoms with van der Waals surface area (Å²) >= 11 is 3.02. The fourth-order valence-electron chi connectivity index (χ4n) is 2.28. The molecule has 1 atom stereocenters. The van der Waals surface area contributed by atoms with Crippen molar-refractivity contribution in [1.82, 2.24) is 10.2 Å². The summed E-state index contributed by atoms with van der Waals surface area (Å²) in [5, 5.41) is 3.34. The molecule has 0 saturated carbocycles. The van der Waals surface area contributed by atoms with Crippen LogP contribution in [0.2, 0.25) is 0 Å². The number of halogens is 6. The van der Waals surface area contributed by atoms with Crippen molar-refractivity contribution in [3.05, 3.63) is 22.7 Å². The predicted octanol–water partition coefficient (Wildman–Crippen LogP) is 3.86. The van der Waals surface area contributed by atoms with Crippen molar-refractivity contribution in [2.24, 2.45) is 0 Å². The number of hydrogen-bond acceptors (Lipinski definition) is 4. The van der Waals surface area contributed by atoms with Gasteiger partial charge < -0.3 is 14.8 Å². The van der Waals surface area contributed by atoms with Crippen LogP contribution in [0.25, 0.3) is 0 Å². The second-order valence-corrected chi connectivity index (χ2v) is 6.00. The highest BCUT2D eigenvalue weighted by Gasteiger charge is 2.32. The average molecular weight is 456 g/mol. The predicted molar refractivity (Wildman–Crippen MR) is 94.7 cm³/mol. The molecule has 4 nitrogen and oxygen atoms in total. The van der Waals surface area contributed by atoms with Gasteiger partial charge in [0, 0.05) is 38.3 Å². The van der Waals surface area contributed by atoms with E-state index in [2.05, 4.69) is 37.8 Å². The van der Waals surface area contributed by atoms with Crippen molar-refractivity contribution in [3.63, 3.8) is 0 Å². The summed E-state index contributed by atoms with van der Waals surface area (Å²) in [5.74, 6) is 0.0476. The fourth-order valence-corrected chi connectivity index (χ4v) is 2.61. The number of nitrogens with zero attached hydrogens (tertiary/aromatic N) is 1. The Morgan fingerprint density at radius 1 is 1.33 bits per heavy atom. The Bertz CT molecular complexity index is 509. The third kappa shape index (κ3) is 8.11. The Hall–Kier alpha value is -0.410. The van der Waals surface area contributed by atoms with Gasteiger partial charge in [-0.05, 0) is 35.0 Å². The van der Waals surface area contributed by atoms with Gasteiger partial charge in [0.25, 0.3) is 0 Å². The SMILES string of the molecule is C[C@H]1CN(CCOc2ccc(Br)c(OC(F)(F)F)c2)CCN1.Cl.Cl. The van der Waals surface area contributed by atoms with E-state index < -0.39 is 6.36 Å². The number of nitrogens with one attached hydrogen (secondary N) is 1. The average Bonchev–Trinajstić information content (AvgIpc) is 2.41. The van der Waals surface area contributed by atoms with Crippen LogP contribution in [0.4, 0.5) is 13.2 Å². The molecular formula is C14H20BrCl2F3N2O2. The monoisotopic (exact) mass is 454 g/mol. The molecule has 0 radical (unpaired) electrons. The molecule has 1 aliphatic heterocycles. The molecule has 0 aromatic heterocycles. The molecule has 0 amide bonds. The summed E-state index contributed by atoms with van der Waals surface area (Å²) < 4.78 is 46.6. The number of rotatable bonds is 5. The second-order valence-electron chi connectivity index (χ2n) is 5.14. The molecule has 140 valence electrons. The Morgan fingerprint density at radius 2 is 2.04 bits per heavy atom. The zero-order chi connectivity index (χ0) is 16.2. The van der Waals surface area contributed by atoms with E-state index in [1.165, 1.54) is 12.1 Å². The maximum atomic E-state index is 12.3. The molecule has 1 aromatic carbocycles. The molecule has 1 saturated heterocycles.